The quantitative estimate of drug-likeness (QED) is 0.215. The number of rotatable bonds is 10. The smallest absolute Gasteiger partial charge is 0.333 e. The summed E-state index contributed by atoms with van der Waals surface area (Å²) in [6.45, 7) is 2.42. The van der Waals surface area contributed by atoms with Crippen molar-refractivity contribution in [2.24, 2.45) is 0 Å². The number of carboxylic acid groups (broad SMARTS) is 1. The molecule has 5 rings (SSSR count). The molecule has 3 aromatic carbocycles. The highest BCUT2D eigenvalue weighted by molar-refractivity contribution is 6.37. The molecule has 0 unspecified atom stereocenters. The average molecular weight is 608 g/mol. The Morgan fingerprint density at radius 3 is 2.30 bits per heavy atom. The Morgan fingerprint density at radius 2 is 1.65 bits per heavy atom. The molecule has 0 saturated heterocycles. The van der Waals surface area contributed by atoms with Crippen molar-refractivity contribution in [1.29, 1.82) is 0 Å². The van der Waals surface area contributed by atoms with Gasteiger partial charge in [0.2, 0.25) is 0 Å². The minimum atomic E-state index is -0.905. The van der Waals surface area contributed by atoms with Crippen molar-refractivity contribution < 1.29 is 23.8 Å². The van der Waals surface area contributed by atoms with Crippen molar-refractivity contribution in [2.75, 3.05) is 26.3 Å². The summed E-state index contributed by atoms with van der Waals surface area (Å²) in [4.78, 5) is 11.4. The maximum atomic E-state index is 13.2. The molecule has 1 heterocycles. The number of hydrogen-bond acceptors (Lipinski definition) is 5. The molecule has 2 aliphatic rings. The molecule has 0 spiro atoms. The molecule has 1 aliphatic heterocycles. The molecule has 212 valence electrons. The van der Waals surface area contributed by atoms with Gasteiger partial charge in [0.15, 0.2) is 5.75 Å². The van der Waals surface area contributed by atoms with E-state index in [2.05, 4.69) is 16.7 Å². The number of halogens is 4. The third kappa shape index (κ3) is 8.85. The molecular weight excluding hydrogens is 578 g/mol. The molecule has 3 N–H and O–H groups in total. The first kappa shape index (κ1) is 30.2. The van der Waals surface area contributed by atoms with E-state index >= 15 is 0 Å². The third-order valence-corrected chi connectivity index (χ3v) is 7.29. The van der Waals surface area contributed by atoms with Crippen LogP contribution in [0.5, 0.6) is 11.5 Å². The lowest BCUT2D eigenvalue weighted by Crippen LogP contribution is -2.28. The summed E-state index contributed by atoms with van der Waals surface area (Å²) in [6.07, 6.45) is 3.31. The van der Waals surface area contributed by atoms with Crippen LogP contribution in [0.2, 0.25) is 15.1 Å². The minimum Gasteiger partial charge on any atom is -0.490 e. The molecule has 6 nitrogen and oxygen atoms in total. The number of nitrogens with one attached hydrogen (secondary N) is 2. The molecule has 10 heteroatoms. The first-order valence-electron chi connectivity index (χ1n) is 12.9. The molecule has 0 radical (unpaired) electrons. The maximum absolute atomic E-state index is 13.2. The normalized spacial score (nSPS) is 14.8. The highest BCUT2D eigenvalue weighted by atomic mass is 35.5. The van der Waals surface area contributed by atoms with Gasteiger partial charge < -0.3 is 25.2 Å². The molecule has 1 saturated carbocycles. The van der Waals surface area contributed by atoms with Gasteiger partial charge in [-0.1, -0.05) is 65.1 Å². The Hall–Kier alpha value is -2.81. The van der Waals surface area contributed by atoms with E-state index in [1.54, 1.807) is 12.1 Å². The number of ether oxygens (including phenoxy) is 2. The molecular formula is C30H30Cl3FN2O4. The van der Waals surface area contributed by atoms with Gasteiger partial charge in [-0.05, 0) is 72.8 Å². The SMILES string of the molecule is Clc1ccccc1CNC1CC1.O=C(O)C1=C(c2ccc(OCCOc3c(Cl)cc(F)cc3Cl)cc2)CCNC1. The maximum Gasteiger partial charge on any atom is 0.333 e. The van der Waals surface area contributed by atoms with Gasteiger partial charge in [-0.25, -0.2) is 9.18 Å². The third-order valence-electron chi connectivity index (χ3n) is 6.36. The zero-order chi connectivity index (χ0) is 28.5. The van der Waals surface area contributed by atoms with Gasteiger partial charge >= 0.3 is 5.97 Å². The number of carboxylic acids is 1. The van der Waals surface area contributed by atoms with Crippen LogP contribution in [0.1, 0.15) is 30.4 Å². The molecule has 3 aromatic rings. The van der Waals surface area contributed by atoms with Gasteiger partial charge in [0.25, 0.3) is 0 Å². The van der Waals surface area contributed by atoms with Gasteiger partial charge in [0.1, 0.15) is 24.8 Å². The van der Waals surface area contributed by atoms with E-state index in [0.29, 0.717) is 24.3 Å². The predicted octanol–water partition coefficient (Wildman–Crippen LogP) is 7.01. The number of benzene rings is 3. The molecule has 40 heavy (non-hydrogen) atoms. The van der Waals surface area contributed by atoms with Gasteiger partial charge in [-0.2, -0.15) is 0 Å². The zero-order valence-electron chi connectivity index (χ0n) is 21.7. The van der Waals surface area contributed by atoms with E-state index < -0.39 is 11.8 Å². The molecule has 0 bridgehead atoms. The Balaban J connectivity index is 0.000000255. The molecule has 0 aromatic heterocycles. The van der Waals surface area contributed by atoms with E-state index in [4.69, 9.17) is 44.3 Å². The van der Waals surface area contributed by atoms with Crippen LogP contribution in [0.3, 0.4) is 0 Å². The van der Waals surface area contributed by atoms with Crippen LogP contribution in [0.15, 0.2) is 66.2 Å². The Kier molecular flexibility index (Phi) is 11.1. The first-order chi connectivity index (χ1) is 19.3. The second-order valence-corrected chi connectivity index (χ2v) is 10.6. The summed E-state index contributed by atoms with van der Waals surface area (Å²) >= 11 is 17.8. The lowest BCUT2D eigenvalue weighted by atomic mass is 9.94. The van der Waals surface area contributed by atoms with Crippen LogP contribution < -0.4 is 20.1 Å². The van der Waals surface area contributed by atoms with Crippen LogP contribution in [-0.2, 0) is 11.3 Å². The first-order valence-corrected chi connectivity index (χ1v) is 14.1. The van der Waals surface area contributed by atoms with Crippen molar-refractivity contribution >= 4 is 46.3 Å². The fourth-order valence-electron chi connectivity index (χ4n) is 4.11. The number of aliphatic carboxylic acids is 1. The average Bonchev–Trinajstić information content (AvgIpc) is 3.77. The Bertz CT molecular complexity index is 1320. The monoisotopic (exact) mass is 606 g/mol. The summed E-state index contributed by atoms with van der Waals surface area (Å²) in [5.74, 6) is -0.607. The summed E-state index contributed by atoms with van der Waals surface area (Å²) in [5, 5.41) is 16.9. The summed E-state index contributed by atoms with van der Waals surface area (Å²) in [5.41, 5.74) is 3.29. The fraction of sp³-hybridized carbons (Fsp3) is 0.300. The van der Waals surface area contributed by atoms with Gasteiger partial charge in [0.05, 0.1) is 15.6 Å². The summed E-state index contributed by atoms with van der Waals surface area (Å²) in [7, 11) is 0. The summed E-state index contributed by atoms with van der Waals surface area (Å²) < 4.78 is 24.3. The Morgan fingerprint density at radius 1 is 0.975 bits per heavy atom. The molecule has 0 amide bonds. The van der Waals surface area contributed by atoms with Crippen molar-refractivity contribution in [3.63, 3.8) is 0 Å². The molecule has 1 aliphatic carbocycles. The standard InChI is InChI=1S/C20H18Cl2FNO4.C10H12ClN/c21-17-9-13(23)10-18(22)19(17)28-8-7-27-14-3-1-12(2-4-14)15-5-6-24-11-16(15)20(25)26;11-10-4-2-1-3-8(10)7-12-9-5-6-9/h1-4,9-10,24H,5-8,11H2,(H,25,26);1-4,9,12H,5-7H2. The largest absolute Gasteiger partial charge is 0.490 e. The van der Waals surface area contributed by atoms with E-state index in [-0.39, 0.29) is 29.0 Å². The highest BCUT2D eigenvalue weighted by Gasteiger charge is 2.20. The number of carbonyl (C=O) groups is 1. The fourth-order valence-corrected chi connectivity index (χ4v) is 4.89. The Labute approximate surface area is 248 Å². The second-order valence-electron chi connectivity index (χ2n) is 9.36. The summed E-state index contributed by atoms with van der Waals surface area (Å²) in [6, 6.07) is 18.2. The van der Waals surface area contributed by atoms with Crippen molar-refractivity contribution in [3.8, 4) is 11.5 Å². The highest BCUT2D eigenvalue weighted by Crippen LogP contribution is 2.33. The van der Waals surface area contributed by atoms with Gasteiger partial charge in [-0.3, -0.25) is 0 Å². The van der Waals surface area contributed by atoms with E-state index in [9.17, 15) is 14.3 Å². The minimum absolute atomic E-state index is 0.0961. The van der Waals surface area contributed by atoms with E-state index in [0.717, 1.165) is 47.4 Å². The topological polar surface area (TPSA) is 79.8 Å². The lowest BCUT2D eigenvalue weighted by molar-refractivity contribution is -0.132. The predicted molar refractivity (Wildman–Crippen MR) is 157 cm³/mol. The molecule has 1 fully saturated rings. The van der Waals surface area contributed by atoms with Crippen LogP contribution in [0.25, 0.3) is 5.57 Å². The second kappa shape index (κ2) is 14.7. The van der Waals surface area contributed by atoms with Crippen molar-refractivity contribution in [1.82, 2.24) is 10.6 Å². The van der Waals surface area contributed by atoms with Crippen molar-refractivity contribution in [3.05, 3.63) is 98.2 Å². The molecule has 0 atom stereocenters. The van der Waals surface area contributed by atoms with Crippen molar-refractivity contribution in [2.45, 2.75) is 31.8 Å². The lowest BCUT2D eigenvalue weighted by Gasteiger charge is -2.19. The number of hydrogen-bond donors (Lipinski definition) is 3. The zero-order valence-corrected chi connectivity index (χ0v) is 24.0. The van der Waals surface area contributed by atoms with Gasteiger partial charge in [0, 0.05) is 24.2 Å². The van der Waals surface area contributed by atoms with E-state index in [1.165, 1.54) is 18.4 Å². The van der Waals surface area contributed by atoms with Crippen LogP contribution in [0, 0.1) is 5.82 Å². The van der Waals surface area contributed by atoms with Crippen LogP contribution in [-0.4, -0.2) is 43.4 Å². The van der Waals surface area contributed by atoms with Gasteiger partial charge in [-0.15, -0.1) is 0 Å². The van der Waals surface area contributed by atoms with Crippen LogP contribution in [0.4, 0.5) is 4.39 Å². The van der Waals surface area contributed by atoms with Crippen LogP contribution >= 0.6 is 34.8 Å². The van der Waals surface area contributed by atoms with E-state index in [1.807, 2.05) is 30.3 Å².